The van der Waals surface area contributed by atoms with E-state index in [-0.39, 0.29) is 30.6 Å². The molecule has 0 bridgehead atoms. The molecule has 11 nitrogen and oxygen atoms in total. The van der Waals surface area contributed by atoms with Crippen LogP contribution in [-0.4, -0.2) is 72.2 Å². The summed E-state index contributed by atoms with van der Waals surface area (Å²) in [4.78, 5) is 38.8. The van der Waals surface area contributed by atoms with E-state index in [4.69, 9.17) is 21.4 Å². The number of nitrogens with one attached hydrogen (secondary N) is 1. The SMILES string of the molecule is CC(=O)NC[C@H]1CN(c2ccc(N3CCN(C(=S)c4ccc([N+](=O)[O-])o4)CC3)c(F)c2)C(=O)O1. The van der Waals surface area contributed by atoms with Crippen molar-refractivity contribution in [3.8, 4) is 0 Å². The van der Waals surface area contributed by atoms with E-state index in [0.29, 0.717) is 42.5 Å². The number of nitrogens with zero attached hydrogens (tertiary/aromatic N) is 4. The van der Waals surface area contributed by atoms with Crippen LogP contribution in [0, 0.1) is 15.9 Å². The molecule has 34 heavy (non-hydrogen) atoms. The number of thiocarbonyl (C=S) groups is 1. The lowest BCUT2D eigenvalue weighted by Crippen LogP contribution is -2.48. The summed E-state index contributed by atoms with van der Waals surface area (Å²) in [5.41, 5.74) is 0.765. The number of anilines is 2. The summed E-state index contributed by atoms with van der Waals surface area (Å²) in [6.45, 7) is 3.69. The van der Waals surface area contributed by atoms with Crippen molar-refractivity contribution in [3.05, 3.63) is 52.0 Å². The average molecular weight is 492 g/mol. The second kappa shape index (κ2) is 9.63. The third-order valence-corrected chi connectivity index (χ3v) is 6.05. The van der Waals surface area contributed by atoms with E-state index in [1.165, 1.54) is 30.0 Å². The highest BCUT2D eigenvalue weighted by Crippen LogP contribution is 2.29. The fraction of sp³-hybridized carbons (Fsp3) is 0.381. The van der Waals surface area contributed by atoms with Gasteiger partial charge in [-0.05, 0) is 24.3 Å². The van der Waals surface area contributed by atoms with Gasteiger partial charge in [-0.3, -0.25) is 19.8 Å². The molecular weight excluding hydrogens is 469 g/mol. The summed E-state index contributed by atoms with van der Waals surface area (Å²) < 4.78 is 25.4. The molecule has 2 aliphatic heterocycles. The molecule has 2 aromatic rings. The van der Waals surface area contributed by atoms with Crippen LogP contribution < -0.4 is 15.1 Å². The zero-order valence-corrected chi connectivity index (χ0v) is 19.0. The van der Waals surface area contributed by atoms with Crippen molar-refractivity contribution in [1.29, 1.82) is 0 Å². The number of rotatable bonds is 6. The van der Waals surface area contributed by atoms with E-state index in [9.17, 15) is 24.1 Å². The summed E-state index contributed by atoms with van der Waals surface area (Å²) in [5.74, 6) is -0.828. The Bertz CT molecular complexity index is 1130. The molecule has 0 spiro atoms. The van der Waals surface area contributed by atoms with Crippen LogP contribution in [0.1, 0.15) is 12.7 Å². The number of piperazine rings is 1. The van der Waals surface area contributed by atoms with Crippen LogP contribution in [0.4, 0.5) is 26.4 Å². The van der Waals surface area contributed by atoms with Gasteiger partial charge in [0.2, 0.25) is 5.91 Å². The molecule has 0 saturated carbocycles. The molecule has 2 fully saturated rings. The van der Waals surface area contributed by atoms with E-state index < -0.39 is 22.9 Å². The van der Waals surface area contributed by atoms with Crippen LogP contribution >= 0.6 is 12.2 Å². The summed E-state index contributed by atoms with van der Waals surface area (Å²) in [7, 11) is 0. The van der Waals surface area contributed by atoms with E-state index in [1.54, 1.807) is 12.1 Å². The first-order chi connectivity index (χ1) is 16.2. The zero-order valence-electron chi connectivity index (χ0n) is 18.2. The Morgan fingerprint density at radius 3 is 2.62 bits per heavy atom. The van der Waals surface area contributed by atoms with Gasteiger partial charge in [0.15, 0.2) is 5.76 Å². The molecule has 13 heteroatoms. The maximum atomic E-state index is 15.0. The summed E-state index contributed by atoms with van der Waals surface area (Å²) in [5, 5.41) is 13.4. The molecule has 2 amide bonds. The van der Waals surface area contributed by atoms with Crippen LogP contribution in [0.5, 0.6) is 0 Å². The number of ether oxygens (including phenoxy) is 1. The number of carbonyl (C=O) groups is 2. The number of hydrogen-bond acceptors (Lipinski definition) is 8. The van der Waals surface area contributed by atoms with Crippen LogP contribution in [0.25, 0.3) is 0 Å². The predicted molar refractivity (Wildman–Crippen MR) is 124 cm³/mol. The highest BCUT2D eigenvalue weighted by Gasteiger charge is 2.33. The topological polar surface area (TPSA) is 121 Å². The van der Waals surface area contributed by atoms with Crippen molar-refractivity contribution in [2.45, 2.75) is 13.0 Å². The second-order valence-corrected chi connectivity index (χ2v) is 8.25. The lowest BCUT2D eigenvalue weighted by atomic mass is 10.2. The lowest BCUT2D eigenvalue weighted by Gasteiger charge is -2.37. The van der Waals surface area contributed by atoms with Gasteiger partial charge in [0.05, 0.1) is 30.5 Å². The first-order valence-electron chi connectivity index (χ1n) is 10.5. The van der Waals surface area contributed by atoms with Gasteiger partial charge in [-0.2, -0.15) is 0 Å². The Morgan fingerprint density at radius 2 is 2.00 bits per heavy atom. The highest BCUT2D eigenvalue weighted by molar-refractivity contribution is 7.80. The Kier molecular flexibility index (Phi) is 6.63. The molecule has 0 unspecified atom stereocenters. The monoisotopic (exact) mass is 491 g/mol. The van der Waals surface area contributed by atoms with Gasteiger partial charge in [-0.15, -0.1) is 0 Å². The van der Waals surface area contributed by atoms with Crippen LogP contribution in [0.15, 0.2) is 34.7 Å². The van der Waals surface area contributed by atoms with E-state index in [1.807, 2.05) is 9.80 Å². The van der Waals surface area contributed by atoms with Gasteiger partial charge in [0, 0.05) is 33.1 Å². The molecular formula is C21H22FN5O6S. The third-order valence-electron chi connectivity index (χ3n) is 5.59. The Balaban J connectivity index is 1.36. The molecule has 0 radical (unpaired) electrons. The molecule has 3 heterocycles. The second-order valence-electron chi connectivity index (χ2n) is 7.86. The lowest BCUT2D eigenvalue weighted by molar-refractivity contribution is -0.402. The standard InChI is InChI=1S/C21H22FN5O6S/c1-13(28)23-11-15-12-26(21(29)32-15)14-2-3-17(16(22)10-14)24-6-8-25(9-7-24)20(34)18-4-5-19(33-18)27(30)31/h2-5,10,15H,6-9,11-12H2,1H3,(H,23,28)/t15-/m0/s1. The maximum Gasteiger partial charge on any atom is 0.433 e. The van der Waals surface area contributed by atoms with E-state index in [0.717, 1.165) is 0 Å². The number of nitro groups is 1. The minimum Gasteiger partial charge on any atom is -0.442 e. The summed E-state index contributed by atoms with van der Waals surface area (Å²) >= 11 is 5.40. The molecule has 1 N–H and O–H groups in total. The van der Waals surface area contributed by atoms with Crippen molar-refractivity contribution < 1.29 is 28.1 Å². The van der Waals surface area contributed by atoms with Crippen molar-refractivity contribution in [1.82, 2.24) is 10.2 Å². The van der Waals surface area contributed by atoms with Crippen molar-refractivity contribution in [2.24, 2.45) is 0 Å². The number of halogens is 1. The van der Waals surface area contributed by atoms with Gasteiger partial charge in [-0.1, -0.05) is 12.2 Å². The number of hydrogen-bond donors (Lipinski definition) is 1. The molecule has 2 saturated heterocycles. The normalized spacial score (nSPS) is 18.1. The first kappa shape index (κ1) is 23.4. The van der Waals surface area contributed by atoms with E-state index in [2.05, 4.69) is 5.32 Å². The molecule has 1 atom stereocenters. The number of carbonyl (C=O) groups excluding carboxylic acids is 2. The first-order valence-corrected chi connectivity index (χ1v) is 10.9. The van der Waals surface area contributed by atoms with Gasteiger partial charge < -0.3 is 24.3 Å². The average Bonchev–Trinajstić information content (AvgIpc) is 3.44. The minimum atomic E-state index is -0.624. The van der Waals surface area contributed by atoms with Gasteiger partial charge in [-0.25, -0.2) is 9.18 Å². The van der Waals surface area contributed by atoms with E-state index >= 15 is 0 Å². The number of furan rings is 1. The Hall–Kier alpha value is -3.74. The predicted octanol–water partition coefficient (Wildman–Crippen LogP) is 2.29. The highest BCUT2D eigenvalue weighted by atomic mass is 32.1. The smallest absolute Gasteiger partial charge is 0.433 e. The maximum absolute atomic E-state index is 15.0. The van der Waals surface area contributed by atoms with Gasteiger partial charge in [0.1, 0.15) is 21.8 Å². The third kappa shape index (κ3) is 4.93. The molecule has 180 valence electrons. The number of amides is 2. The fourth-order valence-electron chi connectivity index (χ4n) is 3.86. The zero-order chi connectivity index (χ0) is 24.4. The van der Waals surface area contributed by atoms with Gasteiger partial charge >= 0.3 is 12.0 Å². The van der Waals surface area contributed by atoms with Crippen LogP contribution in [0.2, 0.25) is 0 Å². The Morgan fingerprint density at radius 1 is 1.26 bits per heavy atom. The van der Waals surface area contributed by atoms with Crippen molar-refractivity contribution in [2.75, 3.05) is 49.1 Å². The number of benzene rings is 1. The molecule has 2 aliphatic rings. The minimum absolute atomic E-state index is 0.190. The Labute approximate surface area is 199 Å². The summed E-state index contributed by atoms with van der Waals surface area (Å²) in [6.07, 6.45) is -1.10. The van der Waals surface area contributed by atoms with Crippen molar-refractivity contribution >= 4 is 46.5 Å². The molecule has 0 aliphatic carbocycles. The number of cyclic esters (lactones) is 1. The van der Waals surface area contributed by atoms with Crippen LogP contribution in [0.3, 0.4) is 0 Å². The quantitative estimate of drug-likeness (QED) is 0.368. The molecule has 1 aromatic heterocycles. The molecule has 1 aromatic carbocycles. The molecule has 4 rings (SSSR count). The summed E-state index contributed by atoms with van der Waals surface area (Å²) in [6, 6.07) is 7.28. The van der Waals surface area contributed by atoms with Gasteiger partial charge in [0.25, 0.3) is 0 Å². The van der Waals surface area contributed by atoms with Crippen LogP contribution in [-0.2, 0) is 9.53 Å². The van der Waals surface area contributed by atoms with Crippen molar-refractivity contribution in [3.63, 3.8) is 0 Å². The fourth-order valence-corrected chi connectivity index (χ4v) is 4.16. The largest absolute Gasteiger partial charge is 0.442 e.